The van der Waals surface area contributed by atoms with Crippen LogP contribution in [0.4, 0.5) is 9.18 Å². The fourth-order valence-corrected chi connectivity index (χ4v) is 3.15. The molecule has 1 heterocycles. The molecule has 5 nitrogen and oxygen atoms in total. The minimum Gasteiger partial charge on any atom is -0.444 e. The van der Waals surface area contributed by atoms with Crippen molar-refractivity contribution >= 4 is 23.5 Å². The van der Waals surface area contributed by atoms with Crippen LogP contribution in [0.25, 0.3) is 0 Å². The van der Waals surface area contributed by atoms with Gasteiger partial charge in [-0.15, -0.1) is 0 Å². The van der Waals surface area contributed by atoms with Crippen LogP contribution in [0.1, 0.15) is 45.7 Å². The monoisotopic (exact) mass is 384 g/mol. The predicted molar refractivity (Wildman–Crippen MR) is 98.8 cm³/mol. The van der Waals surface area contributed by atoms with E-state index in [2.05, 4.69) is 0 Å². The van der Waals surface area contributed by atoms with Gasteiger partial charge in [-0.05, 0) is 38.5 Å². The van der Waals surface area contributed by atoms with E-state index < -0.39 is 17.5 Å². The Morgan fingerprint density at radius 2 is 1.85 bits per heavy atom. The SMILES string of the molecule is CCC(=O)C(c1ccc(F)c(Cl)c1)N1CCN(C(=O)OC(C)(C)C)CC1. The largest absolute Gasteiger partial charge is 0.444 e. The number of benzene rings is 1. The molecule has 0 aromatic heterocycles. The van der Waals surface area contributed by atoms with Crippen molar-refractivity contribution in [3.8, 4) is 0 Å². The molecule has 1 aliphatic heterocycles. The highest BCUT2D eigenvalue weighted by molar-refractivity contribution is 6.30. The number of ketones is 1. The van der Waals surface area contributed by atoms with Gasteiger partial charge in [0, 0.05) is 32.6 Å². The molecule has 7 heteroatoms. The van der Waals surface area contributed by atoms with Gasteiger partial charge in [-0.1, -0.05) is 24.6 Å². The van der Waals surface area contributed by atoms with Gasteiger partial charge >= 0.3 is 6.09 Å². The minimum absolute atomic E-state index is 0.00351. The fourth-order valence-electron chi connectivity index (χ4n) is 2.97. The zero-order valence-electron chi connectivity index (χ0n) is 15.7. The Hall–Kier alpha value is -1.66. The molecule has 1 aromatic carbocycles. The second kappa shape index (κ2) is 8.35. The van der Waals surface area contributed by atoms with Gasteiger partial charge in [-0.3, -0.25) is 9.69 Å². The van der Waals surface area contributed by atoms with Crippen molar-refractivity contribution in [1.29, 1.82) is 0 Å². The van der Waals surface area contributed by atoms with E-state index in [-0.39, 0.29) is 16.9 Å². The average molecular weight is 385 g/mol. The Morgan fingerprint density at radius 3 is 2.35 bits per heavy atom. The predicted octanol–water partition coefficient (Wildman–Crippen LogP) is 4.05. The molecule has 0 aliphatic carbocycles. The quantitative estimate of drug-likeness (QED) is 0.785. The lowest BCUT2D eigenvalue weighted by Gasteiger charge is -2.39. The molecule has 1 amide bonds. The summed E-state index contributed by atoms with van der Waals surface area (Å²) in [5.74, 6) is -0.466. The van der Waals surface area contributed by atoms with Crippen molar-refractivity contribution in [2.24, 2.45) is 0 Å². The highest BCUT2D eigenvalue weighted by atomic mass is 35.5. The summed E-state index contributed by atoms with van der Waals surface area (Å²) in [7, 11) is 0. The highest BCUT2D eigenvalue weighted by Gasteiger charge is 2.32. The molecular formula is C19H26ClFN2O3. The highest BCUT2D eigenvalue weighted by Crippen LogP contribution is 2.28. The van der Waals surface area contributed by atoms with Crippen molar-refractivity contribution in [3.05, 3.63) is 34.6 Å². The topological polar surface area (TPSA) is 49.9 Å². The zero-order valence-corrected chi connectivity index (χ0v) is 16.5. The Labute approximate surface area is 159 Å². The Balaban J connectivity index is 2.11. The third-order valence-electron chi connectivity index (χ3n) is 4.24. The lowest BCUT2D eigenvalue weighted by atomic mass is 9.98. The van der Waals surface area contributed by atoms with Gasteiger partial charge in [0.25, 0.3) is 0 Å². The molecular weight excluding hydrogens is 359 g/mol. The number of hydrogen-bond acceptors (Lipinski definition) is 4. The molecule has 0 saturated carbocycles. The molecule has 1 aliphatic rings. The second-order valence-corrected chi connectivity index (χ2v) is 7.81. The lowest BCUT2D eigenvalue weighted by molar-refractivity contribution is -0.124. The third kappa shape index (κ3) is 5.17. The summed E-state index contributed by atoms with van der Waals surface area (Å²) in [5, 5.41) is 0.00351. The first-order valence-corrected chi connectivity index (χ1v) is 9.20. The van der Waals surface area contributed by atoms with Gasteiger partial charge < -0.3 is 9.64 Å². The molecule has 0 N–H and O–H groups in total. The van der Waals surface area contributed by atoms with Gasteiger partial charge in [0.2, 0.25) is 0 Å². The third-order valence-corrected chi connectivity index (χ3v) is 4.53. The van der Waals surface area contributed by atoms with Crippen LogP contribution in [0.3, 0.4) is 0 Å². The average Bonchev–Trinajstić information content (AvgIpc) is 2.57. The van der Waals surface area contributed by atoms with E-state index in [0.717, 1.165) is 0 Å². The van der Waals surface area contributed by atoms with E-state index in [1.54, 1.807) is 17.9 Å². The maximum absolute atomic E-state index is 13.5. The number of rotatable bonds is 4. The molecule has 0 bridgehead atoms. The van der Waals surface area contributed by atoms with Crippen LogP contribution >= 0.6 is 11.6 Å². The maximum Gasteiger partial charge on any atom is 0.410 e. The zero-order chi connectivity index (χ0) is 19.5. The second-order valence-electron chi connectivity index (χ2n) is 7.40. The number of nitrogens with zero attached hydrogens (tertiary/aromatic N) is 2. The van der Waals surface area contributed by atoms with E-state index in [9.17, 15) is 14.0 Å². The number of carbonyl (C=O) groups excluding carboxylic acids is 2. The normalized spacial score (nSPS) is 17.1. The van der Waals surface area contributed by atoms with Crippen LogP contribution < -0.4 is 0 Å². The molecule has 144 valence electrons. The molecule has 1 aromatic rings. The number of ether oxygens (including phenoxy) is 1. The minimum atomic E-state index is -0.542. The summed E-state index contributed by atoms with van der Waals surface area (Å²) in [4.78, 5) is 28.4. The van der Waals surface area contributed by atoms with Gasteiger partial charge in [0.05, 0.1) is 11.1 Å². The number of hydrogen-bond donors (Lipinski definition) is 0. The molecule has 0 radical (unpaired) electrons. The van der Waals surface area contributed by atoms with E-state index in [1.807, 2.05) is 25.7 Å². The van der Waals surface area contributed by atoms with Gasteiger partial charge in [-0.2, -0.15) is 0 Å². The molecule has 26 heavy (non-hydrogen) atoms. The van der Waals surface area contributed by atoms with E-state index in [1.165, 1.54) is 12.1 Å². The van der Waals surface area contributed by atoms with Crippen LogP contribution in [0.2, 0.25) is 5.02 Å². The molecule has 0 spiro atoms. The molecule has 1 saturated heterocycles. The number of carbonyl (C=O) groups is 2. The van der Waals surface area contributed by atoms with Crippen LogP contribution in [0.15, 0.2) is 18.2 Å². The van der Waals surface area contributed by atoms with Crippen LogP contribution in [-0.2, 0) is 9.53 Å². The number of piperazine rings is 1. The van der Waals surface area contributed by atoms with Crippen molar-refractivity contribution < 1.29 is 18.7 Å². The fraction of sp³-hybridized carbons (Fsp3) is 0.579. The first-order valence-electron chi connectivity index (χ1n) is 8.82. The molecule has 1 unspecified atom stereocenters. The van der Waals surface area contributed by atoms with E-state index in [4.69, 9.17) is 16.3 Å². The smallest absolute Gasteiger partial charge is 0.410 e. The summed E-state index contributed by atoms with van der Waals surface area (Å²) >= 11 is 5.90. The Kier molecular flexibility index (Phi) is 6.64. The van der Waals surface area contributed by atoms with Crippen molar-refractivity contribution in [2.45, 2.75) is 45.8 Å². The van der Waals surface area contributed by atoms with E-state index in [0.29, 0.717) is 38.2 Å². The van der Waals surface area contributed by atoms with E-state index >= 15 is 0 Å². The van der Waals surface area contributed by atoms with Crippen molar-refractivity contribution in [2.75, 3.05) is 26.2 Å². The first kappa shape index (κ1) is 20.6. The van der Waals surface area contributed by atoms with Gasteiger partial charge in [0.1, 0.15) is 11.4 Å². The maximum atomic E-state index is 13.5. The van der Waals surface area contributed by atoms with Crippen molar-refractivity contribution in [1.82, 2.24) is 9.80 Å². The first-order chi connectivity index (χ1) is 12.1. The summed E-state index contributed by atoms with van der Waals surface area (Å²) in [6.45, 7) is 9.29. The molecule has 2 rings (SSSR count). The van der Waals surface area contributed by atoms with Crippen molar-refractivity contribution in [3.63, 3.8) is 0 Å². The number of amides is 1. The number of halogens is 2. The lowest BCUT2D eigenvalue weighted by Crippen LogP contribution is -2.51. The van der Waals surface area contributed by atoms with Crippen LogP contribution in [0.5, 0.6) is 0 Å². The van der Waals surface area contributed by atoms with Gasteiger partial charge in [0.15, 0.2) is 5.78 Å². The van der Waals surface area contributed by atoms with Crippen LogP contribution in [0, 0.1) is 5.82 Å². The molecule has 1 fully saturated rings. The van der Waals surface area contributed by atoms with Crippen LogP contribution in [-0.4, -0.2) is 53.5 Å². The Morgan fingerprint density at radius 1 is 1.23 bits per heavy atom. The summed E-state index contributed by atoms with van der Waals surface area (Å²) < 4.78 is 18.9. The Bertz CT molecular complexity index is 667. The summed E-state index contributed by atoms with van der Waals surface area (Å²) in [5.41, 5.74) is 0.133. The molecule has 1 atom stereocenters. The summed E-state index contributed by atoms with van der Waals surface area (Å²) in [6.07, 6.45) is 0.0201. The van der Waals surface area contributed by atoms with Gasteiger partial charge in [-0.25, -0.2) is 9.18 Å². The number of Topliss-reactive ketones (excluding diaryl/α,β-unsaturated/α-hetero) is 1. The summed E-state index contributed by atoms with van der Waals surface area (Å²) in [6, 6.07) is 3.90. The standard InChI is InChI=1S/C19H26ClFN2O3/c1-5-16(24)17(13-6-7-15(21)14(20)12-13)22-8-10-23(11-9-22)18(25)26-19(2,3)4/h6-7,12,17H,5,8-11H2,1-4H3.